The van der Waals surface area contributed by atoms with E-state index in [9.17, 15) is 15.0 Å². The van der Waals surface area contributed by atoms with Crippen molar-refractivity contribution in [1.29, 1.82) is 0 Å². The van der Waals surface area contributed by atoms with Crippen molar-refractivity contribution in [3.63, 3.8) is 0 Å². The standard InChI is InChI=1S/C72H141NO3/c1-3-5-7-9-11-13-15-17-19-21-23-25-27-29-31-32-33-34-35-36-37-38-39-40-42-44-46-48-50-52-54-56-58-60-62-64-66-68-72(76)73-70(69-74)71(75)67-65-63-61-59-57-55-53-51-49-47-45-43-41-30-28-26-24-22-20-18-16-14-12-10-8-6-4-2/h21,23,65,67,70-71,74-75H,3-20,22,24-64,66,68-69H2,1-2H3,(H,73,76)/b23-21-,67-65+. The van der Waals surface area contributed by atoms with Gasteiger partial charge in [0.05, 0.1) is 18.8 Å². The number of carbonyl (C=O) groups excluding carboxylic acids is 1. The van der Waals surface area contributed by atoms with Gasteiger partial charge in [0.1, 0.15) is 0 Å². The Morgan fingerprint density at radius 2 is 0.500 bits per heavy atom. The van der Waals surface area contributed by atoms with Crippen LogP contribution in [-0.4, -0.2) is 34.9 Å². The van der Waals surface area contributed by atoms with Gasteiger partial charge in [-0.25, -0.2) is 0 Å². The molecule has 0 aliphatic rings. The zero-order valence-corrected chi connectivity index (χ0v) is 52.3. The molecule has 0 heterocycles. The number of nitrogens with one attached hydrogen (secondary N) is 1. The molecule has 4 heteroatoms. The molecule has 0 radical (unpaired) electrons. The van der Waals surface area contributed by atoms with Crippen LogP contribution in [0.1, 0.15) is 412 Å². The lowest BCUT2D eigenvalue weighted by atomic mass is 10.0. The van der Waals surface area contributed by atoms with E-state index in [4.69, 9.17) is 0 Å². The molecule has 0 saturated carbocycles. The molecular weight excluding hydrogens is 927 g/mol. The Morgan fingerprint density at radius 1 is 0.303 bits per heavy atom. The lowest BCUT2D eigenvalue weighted by molar-refractivity contribution is -0.123. The molecule has 0 fully saturated rings. The molecule has 0 aromatic carbocycles. The van der Waals surface area contributed by atoms with E-state index in [0.29, 0.717) is 6.42 Å². The molecular formula is C72H141NO3. The van der Waals surface area contributed by atoms with Crippen LogP contribution in [0.2, 0.25) is 0 Å². The quantitative estimate of drug-likeness (QED) is 0.0420. The monoisotopic (exact) mass is 1070 g/mol. The lowest BCUT2D eigenvalue weighted by Crippen LogP contribution is -2.45. The second-order valence-corrected chi connectivity index (χ2v) is 24.7. The number of rotatable bonds is 67. The van der Waals surface area contributed by atoms with Gasteiger partial charge in [0.25, 0.3) is 0 Å². The van der Waals surface area contributed by atoms with Gasteiger partial charge in [0, 0.05) is 6.42 Å². The largest absolute Gasteiger partial charge is 0.394 e. The summed E-state index contributed by atoms with van der Waals surface area (Å²) >= 11 is 0. The Morgan fingerprint density at radius 3 is 0.724 bits per heavy atom. The van der Waals surface area contributed by atoms with Crippen LogP contribution in [0.25, 0.3) is 0 Å². The smallest absolute Gasteiger partial charge is 0.220 e. The molecule has 0 rings (SSSR count). The number of unbranched alkanes of at least 4 members (excludes halogenated alkanes) is 58. The van der Waals surface area contributed by atoms with E-state index in [0.717, 1.165) is 25.7 Å². The predicted octanol–water partition coefficient (Wildman–Crippen LogP) is 24.2. The van der Waals surface area contributed by atoms with Crippen molar-refractivity contribution in [1.82, 2.24) is 5.32 Å². The Kier molecular flexibility index (Phi) is 67.1. The summed E-state index contributed by atoms with van der Waals surface area (Å²) in [6.07, 6.45) is 92.8. The van der Waals surface area contributed by atoms with Crippen molar-refractivity contribution in [2.75, 3.05) is 6.61 Å². The van der Waals surface area contributed by atoms with Gasteiger partial charge in [0.2, 0.25) is 5.91 Å². The first-order valence-corrected chi connectivity index (χ1v) is 35.6. The zero-order valence-electron chi connectivity index (χ0n) is 52.3. The average Bonchev–Trinajstić information content (AvgIpc) is 3.42. The number of hydrogen-bond donors (Lipinski definition) is 3. The first kappa shape index (κ1) is 74.9. The van der Waals surface area contributed by atoms with Crippen LogP contribution in [0, 0.1) is 0 Å². The summed E-state index contributed by atoms with van der Waals surface area (Å²) in [6, 6.07) is -0.621. The molecule has 0 aliphatic carbocycles. The summed E-state index contributed by atoms with van der Waals surface area (Å²) in [5, 5.41) is 23.3. The third kappa shape index (κ3) is 63.7. The van der Waals surface area contributed by atoms with E-state index < -0.39 is 12.1 Å². The number of hydrogen-bond acceptors (Lipinski definition) is 3. The molecule has 452 valence electrons. The van der Waals surface area contributed by atoms with Crippen molar-refractivity contribution < 1.29 is 15.0 Å². The molecule has 0 bridgehead atoms. The first-order valence-electron chi connectivity index (χ1n) is 35.6. The average molecular weight is 1070 g/mol. The minimum Gasteiger partial charge on any atom is -0.394 e. The Bertz CT molecular complexity index is 1120. The van der Waals surface area contributed by atoms with Gasteiger partial charge in [-0.3, -0.25) is 4.79 Å². The van der Waals surface area contributed by atoms with E-state index in [1.807, 2.05) is 6.08 Å². The van der Waals surface area contributed by atoms with E-state index in [1.54, 1.807) is 6.08 Å². The van der Waals surface area contributed by atoms with Crippen molar-refractivity contribution in [3.8, 4) is 0 Å². The summed E-state index contributed by atoms with van der Waals surface area (Å²) in [6.45, 7) is 4.36. The van der Waals surface area contributed by atoms with E-state index >= 15 is 0 Å². The molecule has 4 nitrogen and oxygen atoms in total. The van der Waals surface area contributed by atoms with E-state index in [2.05, 4.69) is 31.3 Å². The summed E-state index contributed by atoms with van der Waals surface area (Å²) in [5.41, 5.74) is 0. The SMILES string of the molecule is CCCCCCCCCC/C=C\CCCCCCCCCCCCCCCCCCCCCCCCCCCC(=O)NC(CO)C(O)/C=C/CCCCCCCCCCCCCCCCCCCCCCCCCCC. The Hall–Kier alpha value is -1.13. The maximum Gasteiger partial charge on any atom is 0.220 e. The second-order valence-electron chi connectivity index (χ2n) is 24.7. The number of aliphatic hydroxyl groups excluding tert-OH is 2. The summed E-state index contributed by atoms with van der Waals surface area (Å²) in [7, 11) is 0. The molecule has 2 unspecified atom stereocenters. The topological polar surface area (TPSA) is 69.6 Å². The van der Waals surface area contributed by atoms with Gasteiger partial charge in [-0.2, -0.15) is 0 Å². The minimum atomic E-state index is -0.838. The van der Waals surface area contributed by atoms with Gasteiger partial charge in [-0.05, 0) is 44.9 Å². The molecule has 76 heavy (non-hydrogen) atoms. The normalized spacial score (nSPS) is 12.7. The molecule has 0 aromatic rings. The second kappa shape index (κ2) is 68.1. The first-order chi connectivity index (χ1) is 37.7. The van der Waals surface area contributed by atoms with Crippen molar-refractivity contribution in [2.24, 2.45) is 0 Å². The minimum absolute atomic E-state index is 0.0539. The Labute approximate surface area is 479 Å². The summed E-state index contributed by atoms with van der Waals surface area (Å²) in [4.78, 5) is 12.5. The maximum absolute atomic E-state index is 12.5. The predicted molar refractivity (Wildman–Crippen MR) is 341 cm³/mol. The van der Waals surface area contributed by atoms with E-state index in [1.165, 1.54) is 366 Å². The summed E-state index contributed by atoms with van der Waals surface area (Å²) in [5.74, 6) is -0.0539. The van der Waals surface area contributed by atoms with Crippen molar-refractivity contribution in [2.45, 2.75) is 424 Å². The van der Waals surface area contributed by atoms with E-state index in [-0.39, 0.29) is 12.5 Å². The van der Waals surface area contributed by atoms with Crippen LogP contribution >= 0.6 is 0 Å². The highest BCUT2D eigenvalue weighted by Crippen LogP contribution is 2.19. The molecule has 0 saturated heterocycles. The highest BCUT2D eigenvalue weighted by molar-refractivity contribution is 5.76. The molecule has 0 aromatic heterocycles. The van der Waals surface area contributed by atoms with Crippen LogP contribution < -0.4 is 5.32 Å². The summed E-state index contributed by atoms with van der Waals surface area (Å²) < 4.78 is 0. The van der Waals surface area contributed by atoms with Crippen LogP contribution in [0.3, 0.4) is 0 Å². The Balaban J connectivity index is 3.39. The van der Waals surface area contributed by atoms with Gasteiger partial charge < -0.3 is 15.5 Å². The fourth-order valence-corrected chi connectivity index (χ4v) is 11.5. The number of aliphatic hydroxyl groups is 2. The molecule has 0 spiro atoms. The third-order valence-electron chi connectivity index (χ3n) is 16.9. The van der Waals surface area contributed by atoms with Crippen LogP contribution in [-0.2, 0) is 4.79 Å². The third-order valence-corrected chi connectivity index (χ3v) is 16.9. The van der Waals surface area contributed by atoms with Gasteiger partial charge in [-0.1, -0.05) is 385 Å². The molecule has 3 N–H and O–H groups in total. The van der Waals surface area contributed by atoms with Crippen LogP contribution in [0.4, 0.5) is 0 Å². The number of allylic oxidation sites excluding steroid dienone is 3. The highest BCUT2D eigenvalue weighted by Gasteiger charge is 2.18. The van der Waals surface area contributed by atoms with Crippen LogP contribution in [0.5, 0.6) is 0 Å². The van der Waals surface area contributed by atoms with Gasteiger partial charge in [0.15, 0.2) is 0 Å². The molecule has 2 atom stereocenters. The number of carbonyl (C=O) groups is 1. The molecule has 0 aliphatic heterocycles. The van der Waals surface area contributed by atoms with Gasteiger partial charge in [-0.15, -0.1) is 0 Å². The fraction of sp³-hybridized carbons (Fsp3) is 0.931. The zero-order chi connectivity index (χ0) is 54.8. The van der Waals surface area contributed by atoms with Crippen LogP contribution in [0.15, 0.2) is 24.3 Å². The van der Waals surface area contributed by atoms with Crippen molar-refractivity contribution in [3.05, 3.63) is 24.3 Å². The molecule has 1 amide bonds. The van der Waals surface area contributed by atoms with Gasteiger partial charge >= 0.3 is 0 Å². The highest BCUT2D eigenvalue weighted by atomic mass is 16.3. The lowest BCUT2D eigenvalue weighted by Gasteiger charge is -2.20. The maximum atomic E-state index is 12.5. The fourth-order valence-electron chi connectivity index (χ4n) is 11.5. The number of amides is 1. The van der Waals surface area contributed by atoms with Crippen molar-refractivity contribution >= 4 is 5.91 Å².